The Labute approximate surface area is 103 Å². The van der Waals surface area contributed by atoms with Crippen molar-refractivity contribution in [1.82, 2.24) is 15.3 Å². The summed E-state index contributed by atoms with van der Waals surface area (Å²) in [6.07, 6.45) is 1.89. The number of nitrogens with one attached hydrogen (secondary N) is 1. The molecule has 1 rings (SSSR count). The fourth-order valence-electron chi connectivity index (χ4n) is 1.43. The average molecular weight is 238 g/mol. The number of anilines is 1. The zero-order valence-electron chi connectivity index (χ0n) is 11.2. The molecule has 0 aliphatic carbocycles. The summed E-state index contributed by atoms with van der Waals surface area (Å²) in [5, 5.41) is 3.27. The molecule has 0 radical (unpaired) electrons. The molecule has 0 bridgehead atoms. The van der Waals surface area contributed by atoms with Crippen LogP contribution in [0.25, 0.3) is 0 Å². The first-order chi connectivity index (χ1) is 8.19. The van der Waals surface area contributed by atoms with Crippen molar-refractivity contribution in [2.75, 3.05) is 38.8 Å². The van der Waals surface area contributed by atoms with E-state index in [9.17, 15) is 0 Å². The van der Waals surface area contributed by atoms with Crippen molar-refractivity contribution in [3.05, 3.63) is 17.5 Å². The number of nitrogens with zero attached hydrogens (tertiary/aromatic N) is 3. The van der Waals surface area contributed by atoms with Crippen LogP contribution < -0.4 is 10.2 Å². The number of hydrogen-bond donors (Lipinski definition) is 1. The first kappa shape index (κ1) is 13.9. The van der Waals surface area contributed by atoms with Crippen molar-refractivity contribution in [2.45, 2.75) is 20.4 Å². The second-order valence-electron chi connectivity index (χ2n) is 3.98. The molecule has 0 unspecified atom stereocenters. The molecule has 5 nitrogen and oxygen atoms in total. The molecule has 0 amide bonds. The summed E-state index contributed by atoms with van der Waals surface area (Å²) in [6.45, 7) is 7.35. The summed E-state index contributed by atoms with van der Waals surface area (Å²) in [7, 11) is 3.66. The van der Waals surface area contributed by atoms with Gasteiger partial charge < -0.3 is 15.0 Å². The van der Waals surface area contributed by atoms with E-state index in [-0.39, 0.29) is 0 Å². The molecule has 0 fully saturated rings. The Balaban J connectivity index is 2.67. The van der Waals surface area contributed by atoms with Crippen LogP contribution in [-0.2, 0) is 11.3 Å². The predicted octanol–water partition coefficient (Wildman–Crippen LogP) is 0.977. The van der Waals surface area contributed by atoms with E-state index in [2.05, 4.69) is 22.2 Å². The summed E-state index contributed by atoms with van der Waals surface area (Å²) in [5.41, 5.74) is 2.18. The van der Waals surface area contributed by atoms with Crippen LogP contribution in [0, 0.1) is 6.92 Å². The van der Waals surface area contributed by atoms with E-state index in [1.807, 2.05) is 25.1 Å². The second-order valence-corrected chi connectivity index (χ2v) is 3.98. The van der Waals surface area contributed by atoms with Gasteiger partial charge in [-0.3, -0.25) is 0 Å². The van der Waals surface area contributed by atoms with Gasteiger partial charge in [-0.25, -0.2) is 9.97 Å². The van der Waals surface area contributed by atoms with Crippen LogP contribution in [-0.4, -0.2) is 43.8 Å². The van der Waals surface area contributed by atoms with Gasteiger partial charge in [-0.15, -0.1) is 0 Å². The van der Waals surface area contributed by atoms with Gasteiger partial charge in [0.25, 0.3) is 0 Å². The van der Waals surface area contributed by atoms with Crippen LogP contribution in [0.3, 0.4) is 0 Å². The number of likely N-dealkylation sites (N-methyl/N-ethyl adjacent to an activating group) is 1. The quantitative estimate of drug-likeness (QED) is 0.767. The van der Waals surface area contributed by atoms with E-state index < -0.39 is 0 Å². The van der Waals surface area contributed by atoms with Crippen LogP contribution in [0.2, 0.25) is 0 Å². The Morgan fingerprint density at radius 3 is 2.82 bits per heavy atom. The number of methoxy groups -OCH3 is 1. The van der Waals surface area contributed by atoms with E-state index in [4.69, 9.17) is 4.74 Å². The summed E-state index contributed by atoms with van der Waals surface area (Å²) < 4.78 is 5.03. The number of rotatable bonds is 7. The summed E-state index contributed by atoms with van der Waals surface area (Å²) in [4.78, 5) is 10.9. The minimum Gasteiger partial charge on any atom is -0.383 e. The lowest BCUT2D eigenvalue weighted by atomic mass is 10.2. The zero-order chi connectivity index (χ0) is 12.7. The van der Waals surface area contributed by atoms with Gasteiger partial charge in [-0.1, -0.05) is 6.92 Å². The first-order valence-corrected chi connectivity index (χ1v) is 5.92. The van der Waals surface area contributed by atoms with Crippen LogP contribution >= 0.6 is 0 Å². The number of hydrogen-bond acceptors (Lipinski definition) is 5. The molecule has 0 aromatic carbocycles. The van der Waals surface area contributed by atoms with Gasteiger partial charge in [-0.05, 0) is 13.5 Å². The highest BCUT2D eigenvalue weighted by molar-refractivity contribution is 5.31. The fourth-order valence-corrected chi connectivity index (χ4v) is 1.43. The van der Waals surface area contributed by atoms with Crippen LogP contribution in [0.5, 0.6) is 0 Å². The number of ether oxygens (including phenoxy) is 1. The van der Waals surface area contributed by atoms with Crippen molar-refractivity contribution in [3.8, 4) is 0 Å². The maximum absolute atomic E-state index is 5.03. The molecule has 0 spiro atoms. The van der Waals surface area contributed by atoms with Crippen molar-refractivity contribution in [3.63, 3.8) is 0 Å². The molecule has 5 heteroatoms. The second kappa shape index (κ2) is 7.19. The smallest absolute Gasteiger partial charge is 0.225 e. The predicted molar refractivity (Wildman–Crippen MR) is 69.3 cm³/mol. The van der Waals surface area contributed by atoms with Crippen LogP contribution in [0.4, 0.5) is 5.95 Å². The molecule has 96 valence electrons. The van der Waals surface area contributed by atoms with Crippen molar-refractivity contribution < 1.29 is 4.74 Å². The molecule has 1 N–H and O–H groups in total. The monoisotopic (exact) mass is 238 g/mol. The van der Waals surface area contributed by atoms with E-state index >= 15 is 0 Å². The maximum atomic E-state index is 5.03. The molecular weight excluding hydrogens is 216 g/mol. The van der Waals surface area contributed by atoms with Gasteiger partial charge in [-0.2, -0.15) is 0 Å². The maximum Gasteiger partial charge on any atom is 0.225 e. The van der Waals surface area contributed by atoms with Crippen molar-refractivity contribution in [2.24, 2.45) is 0 Å². The van der Waals surface area contributed by atoms with Gasteiger partial charge in [0.15, 0.2) is 0 Å². The van der Waals surface area contributed by atoms with Gasteiger partial charge in [0.05, 0.1) is 6.61 Å². The first-order valence-electron chi connectivity index (χ1n) is 5.92. The topological polar surface area (TPSA) is 50.3 Å². The minimum atomic E-state index is 0.679. The number of aryl methyl sites for hydroxylation is 1. The summed E-state index contributed by atoms with van der Waals surface area (Å²) in [5.74, 6) is 0.750. The van der Waals surface area contributed by atoms with Gasteiger partial charge in [0.1, 0.15) is 0 Å². The largest absolute Gasteiger partial charge is 0.383 e. The average Bonchev–Trinajstić information content (AvgIpc) is 2.34. The summed E-state index contributed by atoms with van der Waals surface area (Å²) in [6, 6.07) is 0. The van der Waals surface area contributed by atoms with Gasteiger partial charge >= 0.3 is 0 Å². The molecule has 0 aliphatic rings. The molecule has 0 atom stereocenters. The lowest BCUT2D eigenvalue weighted by Gasteiger charge is -2.17. The van der Waals surface area contributed by atoms with Gasteiger partial charge in [0, 0.05) is 44.7 Å². The van der Waals surface area contributed by atoms with Crippen LogP contribution in [0.15, 0.2) is 6.20 Å². The molecule has 1 aromatic heterocycles. The Hall–Kier alpha value is -1.20. The molecule has 1 aromatic rings. The molecule has 17 heavy (non-hydrogen) atoms. The van der Waals surface area contributed by atoms with E-state index in [1.165, 1.54) is 0 Å². The fraction of sp³-hybridized carbons (Fsp3) is 0.667. The third-order valence-corrected chi connectivity index (χ3v) is 2.61. The van der Waals surface area contributed by atoms with E-state index in [0.29, 0.717) is 6.61 Å². The minimum absolute atomic E-state index is 0.679. The SMILES string of the molecule is CCNCc1cnc(N(C)CCOC)nc1C. The molecule has 0 saturated heterocycles. The standard InChI is InChI=1S/C12H22N4O/c1-5-13-8-11-9-14-12(15-10(11)2)16(3)6-7-17-4/h9,13H,5-8H2,1-4H3. The van der Waals surface area contributed by atoms with Crippen molar-refractivity contribution in [1.29, 1.82) is 0 Å². The lowest BCUT2D eigenvalue weighted by Crippen LogP contribution is -2.25. The Kier molecular flexibility index (Phi) is 5.86. The summed E-state index contributed by atoms with van der Waals surface area (Å²) >= 11 is 0. The highest BCUT2D eigenvalue weighted by Gasteiger charge is 2.06. The molecule has 1 heterocycles. The van der Waals surface area contributed by atoms with Gasteiger partial charge in [0.2, 0.25) is 5.95 Å². The Morgan fingerprint density at radius 1 is 1.47 bits per heavy atom. The molecular formula is C12H22N4O. The van der Waals surface area contributed by atoms with Crippen LogP contribution in [0.1, 0.15) is 18.2 Å². The highest BCUT2D eigenvalue weighted by atomic mass is 16.5. The zero-order valence-corrected chi connectivity index (χ0v) is 11.2. The molecule has 0 aliphatic heterocycles. The van der Waals surface area contributed by atoms with Crippen molar-refractivity contribution >= 4 is 5.95 Å². The third kappa shape index (κ3) is 4.28. The lowest BCUT2D eigenvalue weighted by molar-refractivity contribution is 0.206. The Morgan fingerprint density at radius 2 is 2.24 bits per heavy atom. The molecule has 0 saturated carbocycles. The number of aromatic nitrogens is 2. The Bertz CT molecular complexity index is 343. The van der Waals surface area contributed by atoms with E-state index in [1.54, 1.807) is 7.11 Å². The third-order valence-electron chi connectivity index (χ3n) is 2.61. The highest BCUT2D eigenvalue weighted by Crippen LogP contribution is 2.09. The normalized spacial score (nSPS) is 10.6. The van der Waals surface area contributed by atoms with E-state index in [0.717, 1.165) is 36.8 Å².